The van der Waals surface area contributed by atoms with Crippen LogP contribution in [0.3, 0.4) is 0 Å². The SMILES string of the molecule is Cc1ccccc1S(=O)(=O)N1CCC[C@H]1C(=O)N[C@@H](Cc1ccccc1)C(=O)O. The van der Waals surface area contributed by atoms with Gasteiger partial charge in [-0.2, -0.15) is 4.31 Å². The van der Waals surface area contributed by atoms with Crippen LogP contribution in [0.15, 0.2) is 59.5 Å². The molecule has 0 unspecified atom stereocenters. The topological polar surface area (TPSA) is 104 Å². The number of carboxylic acids is 1. The molecule has 29 heavy (non-hydrogen) atoms. The summed E-state index contributed by atoms with van der Waals surface area (Å²) in [6, 6.07) is 13.6. The van der Waals surface area contributed by atoms with Crippen molar-refractivity contribution in [3.63, 3.8) is 0 Å². The van der Waals surface area contributed by atoms with Gasteiger partial charge in [0.15, 0.2) is 0 Å². The summed E-state index contributed by atoms with van der Waals surface area (Å²) in [6.07, 6.45) is 1.02. The lowest BCUT2D eigenvalue weighted by atomic mass is 10.1. The molecule has 0 saturated carbocycles. The van der Waals surface area contributed by atoms with Gasteiger partial charge >= 0.3 is 5.97 Å². The van der Waals surface area contributed by atoms with Gasteiger partial charge in [0.25, 0.3) is 0 Å². The van der Waals surface area contributed by atoms with E-state index in [9.17, 15) is 23.1 Å². The van der Waals surface area contributed by atoms with Crippen molar-refractivity contribution in [2.75, 3.05) is 6.54 Å². The molecular formula is C21H24N2O5S. The number of benzene rings is 2. The number of nitrogens with zero attached hydrogens (tertiary/aromatic N) is 1. The van der Waals surface area contributed by atoms with E-state index in [4.69, 9.17) is 0 Å². The van der Waals surface area contributed by atoms with E-state index in [0.717, 1.165) is 5.56 Å². The maximum atomic E-state index is 13.1. The molecule has 0 aromatic heterocycles. The molecule has 0 radical (unpaired) electrons. The second kappa shape index (κ2) is 8.75. The molecule has 7 nitrogen and oxygen atoms in total. The van der Waals surface area contributed by atoms with Gasteiger partial charge < -0.3 is 10.4 Å². The lowest BCUT2D eigenvalue weighted by Gasteiger charge is -2.25. The molecule has 2 atom stereocenters. The van der Waals surface area contributed by atoms with Gasteiger partial charge in [-0.3, -0.25) is 4.79 Å². The van der Waals surface area contributed by atoms with Crippen molar-refractivity contribution in [2.45, 2.75) is 43.2 Å². The highest BCUT2D eigenvalue weighted by atomic mass is 32.2. The van der Waals surface area contributed by atoms with Crippen LogP contribution >= 0.6 is 0 Å². The Kier molecular flexibility index (Phi) is 6.34. The van der Waals surface area contributed by atoms with Crippen LogP contribution in [0.5, 0.6) is 0 Å². The van der Waals surface area contributed by atoms with Crippen LogP contribution in [0.1, 0.15) is 24.0 Å². The predicted molar refractivity (Wildman–Crippen MR) is 108 cm³/mol. The third kappa shape index (κ3) is 4.65. The number of carboxylic acid groups (broad SMARTS) is 1. The molecular weight excluding hydrogens is 392 g/mol. The molecule has 0 bridgehead atoms. The van der Waals surface area contributed by atoms with E-state index in [1.807, 2.05) is 6.07 Å². The number of nitrogens with one attached hydrogen (secondary N) is 1. The minimum atomic E-state index is -3.85. The first-order valence-corrected chi connectivity index (χ1v) is 10.9. The molecule has 8 heteroatoms. The molecule has 1 amide bonds. The molecule has 1 aliphatic heterocycles. The Labute approximate surface area is 170 Å². The van der Waals surface area contributed by atoms with Gasteiger partial charge in [-0.05, 0) is 37.0 Å². The Bertz CT molecular complexity index is 991. The van der Waals surface area contributed by atoms with Crippen LogP contribution in [0.2, 0.25) is 0 Å². The second-order valence-electron chi connectivity index (χ2n) is 7.13. The number of rotatable bonds is 7. The standard InChI is InChI=1S/C21H24N2O5S/c1-15-8-5-6-12-19(15)29(27,28)23-13-7-11-18(23)20(24)22-17(21(25)26)14-16-9-3-2-4-10-16/h2-6,8-10,12,17-18H,7,11,13-14H2,1H3,(H,22,24)(H,25,26)/t17-,18-/m0/s1. The third-order valence-corrected chi connectivity index (χ3v) is 7.15. The Morgan fingerprint density at radius 3 is 2.45 bits per heavy atom. The maximum Gasteiger partial charge on any atom is 0.326 e. The summed E-state index contributed by atoms with van der Waals surface area (Å²) in [5.41, 5.74) is 1.38. The number of aliphatic carboxylic acids is 1. The zero-order chi connectivity index (χ0) is 21.0. The monoisotopic (exact) mass is 416 g/mol. The summed E-state index contributed by atoms with van der Waals surface area (Å²) in [4.78, 5) is 24.7. The molecule has 2 aromatic carbocycles. The van der Waals surface area contributed by atoms with E-state index in [2.05, 4.69) is 5.32 Å². The molecule has 154 valence electrons. The minimum Gasteiger partial charge on any atom is -0.480 e. The summed E-state index contributed by atoms with van der Waals surface area (Å²) in [5, 5.41) is 12.1. The zero-order valence-electron chi connectivity index (χ0n) is 16.1. The molecule has 0 spiro atoms. The van der Waals surface area contributed by atoms with E-state index < -0.39 is 34.0 Å². The normalized spacial score (nSPS) is 18.3. The van der Waals surface area contributed by atoms with E-state index in [1.165, 1.54) is 10.4 Å². The molecule has 1 saturated heterocycles. The fourth-order valence-corrected chi connectivity index (χ4v) is 5.46. The number of sulfonamides is 1. The van der Waals surface area contributed by atoms with Crippen molar-refractivity contribution >= 4 is 21.9 Å². The highest BCUT2D eigenvalue weighted by Gasteiger charge is 2.40. The molecule has 2 aromatic rings. The maximum absolute atomic E-state index is 13.1. The smallest absolute Gasteiger partial charge is 0.326 e. The van der Waals surface area contributed by atoms with E-state index >= 15 is 0 Å². The summed E-state index contributed by atoms with van der Waals surface area (Å²) in [5.74, 6) is -1.74. The van der Waals surface area contributed by atoms with Gasteiger partial charge in [0, 0.05) is 13.0 Å². The number of carbonyl (C=O) groups excluding carboxylic acids is 1. The highest BCUT2D eigenvalue weighted by Crippen LogP contribution is 2.28. The van der Waals surface area contributed by atoms with Crippen molar-refractivity contribution in [1.82, 2.24) is 9.62 Å². The van der Waals surface area contributed by atoms with Crippen molar-refractivity contribution in [3.8, 4) is 0 Å². The van der Waals surface area contributed by atoms with Gasteiger partial charge in [-0.15, -0.1) is 0 Å². The van der Waals surface area contributed by atoms with E-state index in [0.29, 0.717) is 18.4 Å². The van der Waals surface area contributed by atoms with Gasteiger partial charge in [0.1, 0.15) is 12.1 Å². The highest BCUT2D eigenvalue weighted by molar-refractivity contribution is 7.89. The van der Waals surface area contributed by atoms with Crippen LogP contribution in [0, 0.1) is 6.92 Å². The van der Waals surface area contributed by atoms with E-state index in [1.54, 1.807) is 49.4 Å². The molecule has 1 aliphatic rings. The average Bonchev–Trinajstić information content (AvgIpc) is 3.19. The van der Waals surface area contributed by atoms with Crippen molar-refractivity contribution < 1.29 is 23.1 Å². The van der Waals surface area contributed by atoms with Crippen molar-refractivity contribution in [3.05, 3.63) is 65.7 Å². The quantitative estimate of drug-likeness (QED) is 0.718. The van der Waals surface area contributed by atoms with Crippen molar-refractivity contribution in [1.29, 1.82) is 0 Å². The number of aryl methyl sites for hydroxylation is 1. The van der Waals surface area contributed by atoms with Gasteiger partial charge in [-0.1, -0.05) is 48.5 Å². The van der Waals surface area contributed by atoms with Crippen LogP contribution in [0.25, 0.3) is 0 Å². The zero-order valence-corrected chi connectivity index (χ0v) is 16.9. The fourth-order valence-electron chi connectivity index (χ4n) is 3.58. The first-order valence-electron chi connectivity index (χ1n) is 9.45. The summed E-state index contributed by atoms with van der Waals surface area (Å²) >= 11 is 0. The minimum absolute atomic E-state index is 0.124. The van der Waals surface area contributed by atoms with Gasteiger partial charge in [0.2, 0.25) is 15.9 Å². The summed E-state index contributed by atoms with van der Waals surface area (Å²) < 4.78 is 27.4. The lowest BCUT2D eigenvalue weighted by molar-refractivity contribution is -0.142. The third-order valence-electron chi connectivity index (χ3n) is 5.08. The largest absolute Gasteiger partial charge is 0.480 e. The van der Waals surface area contributed by atoms with Crippen LogP contribution in [-0.4, -0.2) is 48.3 Å². The predicted octanol–water partition coefficient (Wildman–Crippen LogP) is 1.96. The Hall–Kier alpha value is -2.71. The van der Waals surface area contributed by atoms with Crippen LogP contribution < -0.4 is 5.32 Å². The molecule has 1 fully saturated rings. The number of hydrogen-bond acceptors (Lipinski definition) is 4. The van der Waals surface area contributed by atoms with Crippen molar-refractivity contribution in [2.24, 2.45) is 0 Å². The lowest BCUT2D eigenvalue weighted by Crippen LogP contribution is -2.51. The molecule has 1 heterocycles. The fraction of sp³-hybridized carbons (Fsp3) is 0.333. The first kappa shape index (κ1) is 21.0. The molecule has 2 N–H and O–H groups in total. The number of amides is 1. The molecule has 0 aliphatic carbocycles. The van der Waals surface area contributed by atoms with Gasteiger partial charge in [-0.25, -0.2) is 13.2 Å². The second-order valence-corrected chi connectivity index (χ2v) is 8.99. The van der Waals surface area contributed by atoms with E-state index in [-0.39, 0.29) is 17.9 Å². The number of hydrogen-bond donors (Lipinski definition) is 2. The summed E-state index contributed by atoms with van der Waals surface area (Å²) in [6.45, 7) is 1.93. The first-order chi connectivity index (χ1) is 13.8. The Morgan fingerprint density at radius 1 is 1.14 bits per heavy atom. The molecule has 3 rings (SSSR count). The Morgan fingerprint density at radius 2 is 1.79 bits per heavy atom. The van der Waals surface area contributed by atoms with Gasteiger partial charge in [0.05, 0.1) is 4.90 Å². The van der Waals surface area contributed by atoms with Crippen LogP contribution in [0.4, 0.5) is 0 Å². The Balaban J connectivity index is 1.78. The average molecular weight is 416 g/mol. The number of carbonyl (C=O) groups is 2. The van der Waals surface area contributed by atoms with Crippen LogP contribution in [-0.2, 0) is 26.0 Å². The summed E-state index contributed by atoms with van der Waals surface area (Å²) in [7, 11) is -3.85.